The van der Waals surface area contributed by atoms with Crippen LogP contribution in [0.2, 0.25) is 0 Å². The predicted molar refractivity (Wildman–Crippen MR) is 180 cm³/mol. The minimum Gasteiger partial charge on any atom is -0.383 e. The number of hydrogen-bond acceptors (Lipinski definition) is 8. The van der Waals surface area contributed by atoms with E-state index in [0.29, 0.717) is 25.1 Å². The molecule has 0 spiro atoms. The van der Waals surface area contributed by atoms with Crippen molar-refractivity contribution in [2.45, 2.75) is 19.4 Å². The average molecular weight is 631 g/mol. The number of non-ortho nitro benzene ring substituents is 1. The van der Waals surface area contributed by atoms with E-state index < -0.39 is 4.92 Å². The van der Waals surface area contributed by atoms with E-state index in [9.17, 15) is 19.7 Å². The molecule has 5 aromatic rings. The second-order valence-corrected chi connectivity index (χ2v) is 11.7. The van der Waals surface area contributed by atoms with E-state index in [1.165, 1.54) is 6.07 Å². The first-order chi connectivity index (χ1) is 22.6. The third-order valence-electron chi connectivity index (χ3n) is 8.48. The van der Waals surface area contributed by atoms with Crippen LogP contribution in [0.5, 0.6) is 0 Å². The number of nitrogens with one attached hydrogen (secondary N) is 1. The second kappa shape index (κ2) is 12.8. The van der Waals surface area contributed by atoms with Gasteiger partial charge in [0.05, 0.1) is 16.7 Å². The maximum Gasteiger partial charge on any atom is 0.269 e. The van der Waals surface area contributed by atoms with Crippen LogP contribution < -0.4 is 16.0 Å². The second-order valence-electron chi connectivity index (χ2n) is 11.7. The number of pyridine rings is 1. The topological polar surface area (TPSA) is 153 Å². The molecule has 3 aromatic carbocycles. The van der Waals surface area contributed by atoms with Crippen LogP contribution >= 0.6 is 0 Å². The Kier molecular flexibility index (Phi) is 8.40. The Hall–Kier alpha value is -6.04. The Bertz CT molecular complexity index is 1970. The van der Waals surface area contributed by atoms with Crippen molar-refractivity contribution < 1.29 is 14.5 Å². The molecule has 1 atom stereocenters. The fourth-order valence-electron chi connectivity index (χ4n) is 5.84. The van der Waals surface area contributed by atoms with Crippen molar-refractivity contribution in [3.05, 3.63) is 118 Å². The molecule has 1 saturated heterocycles. The number of amides is 2. The van der Waals surface area contributed by atoms with Crippen LogP contribution in [0.4, 0.5) is 22.9 Å². The first kappa shape index (κ1) is 31.0. The summed E-state index contributed by atoms with van der Waals surface area (Å²) in [7, 11) is 3.74. The summed E-state index contributed by atoms with van der Waals surface area (Å²) in [5, 5.41) is 18.3. The van der Waals surface area contributed by atoms with Crippen molar-refractivity contribution in [1.29, 1.82) is 0 Å². The zero-order valence-electron chi connectivity index (χ0n) is 26.3. The number of hydrogen-bond donors (Lipinski definition) is 2. The van der Waals surface area contributed by atoms with Gasteiger partial charge >= 0.3 is 0 Å². The van der Waals surface area contributed by atoms with Crippen LogP contribution in [0.1, 0.15) is 32.7 Å². The van der Waals surface area contributed by atoms with Gasteiger partial charge in [-0.2, -0.15) is 5.10 Å². The first-order valence-corrected chi connectivity index (χ1v) is 15.1. The smallest absolute Gasteiger partial charge is 0.269 e. The fraction of sp³-hybridized carbons (Fsp3) is 0.200. The highest BCUT2D eigenvalue weighted by atomic mass is 16.6. The van der Waals surface area contributed by atoms with E-state index in [0.717, 1.165) is 39.2 Å². The molecule has 2 amide bonds. The normalized spacial score (nSPS) is 14.2. The molecule has 0 saturated carbocycles. The molecule has 1 fully saturated rings. The van der Waals surface area contributed by atoms with Gasteiger partial charge in [-0.15, -0.1) is 0 Å². The third kappa shape index (κ3) is 6.52. The number of benzene rings is 3. The molecule has 3 N–H and O–H groups in total. The summed E-state index contributed by atoms with van der Waals surface area (Å²) in [6, 6.07) is 21.8. The number of nitrogens with zero attached hydrogens (tertiary/aromatic N) is 6. The number of likely N-dealkylation sites (tertiary alicyclic amines) is 1. The van der Waals surface area contributed by atoms with Crippen molar-refractivity contribution in [3.63, 3.8) is 0 Å². The lowest BCUT2D eigenvalue weighted by molar-refractivity contribution is -0.384. The average Bonchev–Trinajstić information content (AvgIpc) is 3.73. The first-order valence-electron chi connectivity index (χ1n) is 15.1. The quantitative estimate of drug-likeness (QED) is 0.172. The molecular weight excluding hydrogens is 596 g/mol. The Morgan fingerprint density at radius 3 is 2.32 bits per heavy atom. The van der Waals surface area contributed by atoms with Gasteiger partial charge < -0.3 is 20.9 Å². The number of aryl methyl sites for hydroxylation is 2. The molecule has 12 nitrogen and oxygen atoms in total. The van der Waals surface area contributed by atoms with Gasteiger partial charge in [-0.25, -0.2) is 4.98 Å². The van der Waals surface area contributed by atoms with Crippen molar-refractivity contribution in [2.75, 3.05) is 30.8 Å². The van der Waals surface area contributed by atoms with Gasteiger partial charge in [0, 0.05) is 85.8 Å². The van der Waals surface area contributed by atoms with Gasteiger partial charge in [0.25, 0.3) is 17.5 Å². The SMILES string of the molecule is Cc1cc([N+](=O)[O-])ccc1N(C)c1ccc(-c2ccc(C(=O)N3CC[C@@H](NC(=O)c4cc(-c5cnn(C)c5)cnc4N)C3)cc2)cc1. The van der Waals surface area contributed by atoms with Crippen molar-refractivity contribution in [2.24, 2.45) is 7.05 Å². The highest BCUT2D eigenvalue weighted by molar-refractivity contribution is 6.00. The maximum atomic E-state index is 13.3. The molecule has 238 valence electrons. The van der Waals surface area contributed by atoms with E-state index >= 15 is 0 Å². The molecule has 6 rings (SSSR count). The number of carbonyl (C=O) groups is 2. The number of nitro groups is 1. The number of nitrogens with two attached hydrogens (primary N) is 1. The molecule has 1 aliphatic heterocycles. The Morgan fingerprint density at radius 1 is 0.979 bits per heavy atom. The van der Waals surface area contributed by atoms with Crippen LogP contribution in [-0.2, 0) is 7.05 Å². The third-order valence-corrected chi connectivity index (χ3v) is 8.48. The lowest BCUT2D eigenvalue weighted by atomic mass is 10.0. The molecule has 0 bridgehead atoms. The van der Waals surface area contributed by atoms with Crippen molar-refractivity contribution in [3.8, 4) is 22.3 Å². The molecule has 2 aromatic heterocycles. The van der Waals surface area contributed by atoms with Crippen LogP contribution in [0.25, 0.3) is 22.3 Å². The van der Waals surface area contributed by atoms with E-state index in [-0.39, 0.29) is 34.9 Å². The summed E-state index contributed by atoms with van der Waals surface area (Å²) < 4.78 is 1.67. The number of rotatable bonds is 8. The van der Waals surface area contributed by atoms with E-state index in [1.807, 2.05) is 80.6 Å². The molecule has 12 heteroatoms. The molecular formula is C35H34N8O4. The number of nitro benzene ring substituents is 1. The molecule has 0 radical (unpaired) electrons. The largest absolute Gasteiger partial charge is 0.383 e. The van der Waals surface area contributed by atoms with Crippen LogP contribution in [0, 0.1) is 17.0 Å². The number of nitrogen functional groups attached to an aromatic ring is 1. The summed E-state index contributed by atoms with van der Waals surface area (Å²) in [4.78, 5) is 45.1. The van der Waals surface area contributed by atoms with Crippen molar-refractivity contribution >= 4 is 34.7 Å². The summed E-state index contributed by atoms with van der Waals surface area (Å²) in [6.45, 7) is 2.77. The van der Waals surface area contributed by atoms with Gasteiger partial charge in [-0.1, -0.05) is 24.3 Å². The monoisotopic (exact) mass is 630 g/mol. The van der Waals surface area contributed by atoms with Gasteiger partial charge in [0.1, 0.15) is 5.82 Å². The number of aromatic nitrogens is 3. The van der Waals surface area contributed by atoms with E-state index in [1.54, 1.807) is 40.2 Å². The van der Waals surface area contributed by atoms with Gasteiger partial charge in [0.15, 0.2) is 0 Å². The molecule has 47 heavy (non-hydrogen) atoms. The molecule has 0 unspecified atom stereocenters. The van der Waals surface area contributed by atoms with Gasteiger partial charge in [-0.3, -0.25) is 24.4 Å². The number of anilines is 3. The Balaban J connectivity index is 1.07. The lowest BCUT2D eigenvalue weighted by Gasteiger charge is -2.22. The fourth-order valence-corrected chi connectivity index (χ4v) is 5.84. The lowest BCUT2D eigenvalue weighted by Crippen LogP contribution is -2.38. The minimum atomic E-state index is -0.395. The zero-order chi connectivity index (χ0) is 33.2. The van der Waals surface area contributed by atoms with Gasteiger partial charge in [-0.05, 0) is 66.4 Å². The van der Waals surface area contributed by atoms with Crippen molar-refractivity contribution in [1.82, 2.24) is 25.0 Å². The highest BCUT2D eigenvalue weighted by Crippen LogP contribution is 2.31. The highest BCUT2D eigenvalue weighted by Gasteiger charge is 2.29. The summed E-state index contributed by atoms with van der Waals surface area (Å²) in [5.41, 5.74) is 13.1. The van der Waals surface area contributed by atoms with Crippen LogP contribution in [-0.4, -0.2) is 62.6 Å². The Morgan fingerprint density at radius 2 is 1.68 bits per heavy atom. The molecule has 1 aliphatic rings. The number of carbonyl (C=O) groups excluding carboxylic acids is 2. The minimum absolute atomic E-state index is 0.0655. The summed E-state index contributed by atoms with van der Waals surface area (Å²) in [6.07, 6.45) is 5.78. The maximum absolute atomic E-state index is 13.3. The molecule has 0 aliphatic carbocycles. The predicted octanol–water partition coefficient (Wildman–Crippen LogP) is 5.36. The summed E-state index contributed by atoms with van der Waals surface area (Å²) in [5.74, 6) is -0.282. The Labute approximate surface area is 271 Å². The standard InChI is InChI=1S/C35H34N8O4/c1-22-16-30(43(46)47)12-13-32(22)41(3)29-10-8-24(9-11-29)23-4-6-25(7-5-23)35(45)42-15-14-28(21-42)39-34(44)31-17-26(18-37-33(31)36)27-19-38-40(2)20-27/h4-13,16-20,28H,14-15,21H2,1-3H3,(H2,36,37)(H,39,44)/t28-/m1/s1. The van der Waals surface area contributed by atoms with Crippen LogP contribution in [0.15, 0.2) is 91.4 Å². The molecule has 3 heterocycles. The van der Waals surface area contributed by atoms with Gasteiger partial charge in [0.2, 0.25) is 0 Å². The van der Waals surface area contributed by atoms with E-state index in [2.05, 4.69) is 15.4 Å². The summed E-state index contributed by atoms with van der Waals surface area (Å²) >= 11 is 0. The van der Waals surface area contributed by atoms with Crippen LogP contribution in [0.3, 0.4) is 0 Å². The van der Waals surface area contributed by atoms with E-state index in [4.69, 9.17) is 5.73 Å². The zero-order valence-corrected chi connectivity index (χ0v) is 26.3.